The van der Waals surface area contributed by atoms with Crippen LogP contribution in [0.3, 0.4) is 0 Å². The third kappa shape index (κ3) is 2.92. The van der Waals surface area contributed by atoms with Gasteiger partial charge in [0, 0.05) is 10.1 Å². The van der Waals surface area contributed by atoms with Crippen LogP contribution >= 0.6 is 22.6 Å². The van der Waals surface area contributed by atoms with Gasteiger partial charge in [-0.1, -0.05) is 12.1 Å². The Labute approximate surface area is 149 Å². The number of benzene rings is 2. The number of sulfone groups is 1. The minimum absolute atomic E-state index is 0.174. The molecule has 0 spiro atoms. The predicted molar refractivity (Wildman–Crippen MR) is 96.5 cm³/mol. The third-order valence-electron chi connectivity index (χ3n) is 4.43. The van der Waals surface area contributed by atoms with Gasteiger partial charge in [-0.2, -0.15) is 0 Å². The quantitative estimate of drug-likeness (QED) is 0.537. The summed E-state index contributed by atoms with van der Waals surface area (Å²) in [5.74, 6) is -0.434. The van der Waals surface area contributed by atoms with Crippen molar-refractivity contribution >= 4 is 32.4 Å². The molecule has 122 valence electrons. The highest BCUT2D eigenvalue weighted by Gasteiger charge is 2.50. The molecule has 1 heterocycles. The summed E-state index contributed by atoms with van der Waals surface area (Å²) in [6.45, 7) is 1.15. The second-order valence-corrected chi connectivity index (χ2v) is 9.45. The summed E-state index contributed by atoms with van der Waals surface area (Å²) in [5, 5.41) is 0. The first-order valence-electron chi connectivity index (χ1n) is 7.30. The molecule has 3 rings (SSSR count). The molecule has 2 aromatic rings. The summed E-state index contributed by atoms with van der Waals surface area (Å²) in [6, 6.07) is 12.8. The zero-order valence-corrected chi connectivity index (χ0v) is 15.6. The maximum absolute atomic E-state index is 13.3. The van der Waals surface area contributed by atoms with Gasteiger partial charge in [-0.25, -0.2) is 12.8 Å². The normalized spacial score (nSPS) is 22.4. The molecule has 1 atom stereocenters. The molecule has 0 bridgehead atoms. The molecular formula is C17H17FINO2S. The summed E-state index contributed by atoms with van der Waals surface area (Å²) in [6.07, 6.45) is 0.532. The van der Waals surface area contributed by atoms with E-state index >= 15 is 0 Å². The maximum Gasteiger partial charge on any atom is 0.189 e. The molecule has 1 saturated heterocycles. The zero-order valence-electron chi connectivity index (χ0n) is 12.7. The number of halogens is 2. The van der Waals surface area contributed by atoms with Gasteiger partial charge in [0.15, 0.2) is 9.84 Å². The van der Waals surface area contributed by atoms with E-state index in [1.54, 1.807) is 0 Å². The molecule has 0 radical (unpaired) electrons. The van der Waals surface area contributed by atoms with Crippen molar-refractivity contribution in [3.05, 3.63) is 63.5 Å². The minimum atomic E-state index is -3.63. The Hall–Kier alpha value is -0.990. The molecule has 1 aliphatic rings. The summed E-state index contributed by atoms with van der Waals surface area (Å²) < 4.78 is 39.9. The highest BCUT2D eigenvalue weighted by atomic mass is 127. The van der Waals surface area contributed by atoms with Crippen molar-refractivity contribution in [2.75, 3.05) is 20.1 Å². The van der Waals surface area contributed by atoms with Gasteiger partial charge in [0.1, 0.15) is 10.6 Å². The number of rotatable bonds is 3. The molecule has 0 aliphatic carbocycles. The van der Waals surface area contributed by atoms with Crippen molar-refractivity contribution in [1.29, 1.82) is 0 Å². The van der Waals surface area contributed by atoms with Crippen LogP contribution in [0.4, 0.5) is 4.39 Å². The van der Waals surface area contributed by atoms with Crippen molar-refractivity contribution < 1.29 is 12.8 Å². The first-order chi connectivity index (χ1) is 10.8. The minimum Gasteiger partial charge on any atom is -0.304 e. The molecule has 3 nitrogen and oxygen atoms in total. The Morgan fingerprint density at radius 3 is 2.22 bits per heavy atom. The molecule has 0 amide bonds. The summed E-state index contributed by atoms with van der Waals surface area (Å²) in [5.41, 5.74) is 0.798. The van der Waals surface area contributed by atoms with Crippen LogP contribution in [0.2, 0.25) is 0 Å². The van der Waals surface area contributed by atoms with Crippen LogP contribution in [0, 0.1) is 9.39 Å². The van der Waals surface area contributed by atoms with E-state index in [1.165, 1.54) is 24.3 Å². The standard InChI is InChI=1S/C17H17FINO2S/c1-20-11-10-17(12-20,13-2-6-15(19)7-3-13)23(21,22)16-8-4-14(18)5-9-16/h2-9H,10-12H2,1H3. The lowest BCUT2D eigenvalue weighted by Gasteiger charge is -2.29. The Balaban J connectivity index is 2.16. The Morgan fingerprint density at radius 2 is 1.70 bits per heavy atom. The average molecular weight is 445 g/mol. The molecule has 6 heteroatoms. The van der Waals surface area contributed by atoms with Crippen LogP contribution in [0.5, 0.6) is 0 Å². The Kier molecular flexibility index (Phi) is 4.50. The highest BCUT2D eigenvalue weighted by Crippen LogP contribution is 2.42. The number of hydrogen-bond donors (Lipinski definition) is 0. The summed E-state index contributed by atoms with van der Waals surface area (Å²) >= 11 is 2.20. The predicted octanol–water partition coefficient (Wildman–Crippen LogP) is 3.44. The van der Waals surface area contributed by atoms with Crippen LogP contribution in [-0.2, 0) is 14.6 Å². The monoisotopic (exact) mass is 445 g/mol. The molecular weight excluding hydrogens is 428 g/mol. The molecule has 1 aliphatic heterocycles. The van der Waals surface area contributed by atoms with Crippen LogP contribution in [0.1, 0.15) is 12.0 Å². The first kappa shape index (κ1) is 16.9. The highest BCUT2D eigenvalue weighted by molar-refractivity contribution is 14.1. The van der Waals surface area contributed by atoms with E-state index in [4.69, 9.17) is 0 Å². The second-order valence-electron chi connectivity index (χ2n) is 5.95. The van der Waals surface area contributed by atoms with Crippen molar-refractivity contribution in [2.24, 2.45) is 0 Å². The Bertz CT molecular complexity index is 805. The van der Waals surface area contributed by atoms with Gasteiger partial charge in [-0.3, -0.25) is 0 Å². The molecule has 0 aromatic heterocycles. The molecule has 1 fully saturated rings. The van der Waals surface area contributed by atoms with E-state index in [1.807, 2.05) is 36.2 Å². The van der Waals surface area contributed by atoms with Crippen LogP contribution in [0.15, 0.2) is 53.4 Å². The SMILES string of the molecule is CN1CCC(c2ccc(I)cc2)(S(=O)(=O)c2ccc(F)cc2)C1. The fourth-order valence-electron chi connectivity index (χ4n) is 3.17. The number of nitrogens with zero attached hydrogens (tertiary/aromatic N) is 1. The van der Waals surface area contributed by atoms with Gasteiger partial charge < -0.3 is 4.90 Å². The lowest BCUT2D eigenvalue weighted by Crippen LogP contribution is -2.38. The smallest absolute Gasteiger partial charge is 0.189 e. The lowest BCUT2D eigenvalue weighted by molar-refractivity contribution is 0.400. The summed E-state index contributed by atoms with van der Waals surface area (Å²) in [7, 11) is -1.70. The summed E-state index contributed by atoms with van der Waals surface area (Å²) in [4.78, 5) is 2.20. The van der Waals surface area contributed by atoms with Gasteiger partial charge in [0.05, 0.1) is 4.90 Å². The van der Waals surface area contributed by atoms with Gasteiger partial charge in [-0.05, 0) is 84.6 Å². The third-order valence-corrected chi connectivity index (χ3v) is 7.64. The number of hydrogen-bond acceptors (Lipinski definition) is 3. The van der Waals surface area contributed by atoms with E-state index in [2.05, 4.69) is 22.6 Å². The van der Waals surface area contributed by atoms with E-state index in [0.29, 0.717) is 19.5 Å². The van der Waals surface area contributed by atoms with Crippen LogP contribution < -0.4 is 0 Å². The van der Waals surface area contributed by atoms with Crippen molar-refractivity contribution in [3.63, 3.8) is 0 Å². The van der Waals surface area contributed by atoms with Crippen LogP contribution in [0.25, 0.3) is 0 Å². The average Bonchev–Trinajstić information content (AvgIpc) is 2.92. The van der Waals surface area contributed by atoms with Crippen molar-refractivity contribution in [2.45, 2.75) is 16.1 Å². The molecule has 1 unspecified atom stereocenters. The zero-order chi connectivity index (χ0) is 16.7. The van der Waals surface area contributed by atoms with Crippen molar-refractivity contribution in [3.8, 4) is 0 Å². The van der Waals surface area contributed by atoms with Crippen LogP contribution in [-0.4, -0.2) is 33.5 Å². The number of likely N-dealkylation sites (N-methyl/N-ethyl adjacent to an activating group) is 1. The van der Waals surface area contributed by atoms with E-state index in [9.17, 15) is 12.8 Å². The Morgan fingerprint density at radius 1 is 1.09 bits per heavy atom. The fraction of sp³-hybridized carbons (Fsp3) is 0.294. The molecule has 0 saturated carbocycles. The molecule has 2 aromatic carbocycles. The van der Waals surface area contributed by atoms with E-state index in [0.717, 1.165) is 9.13 Å². The van der Waals surface area contributed by atoms with Crippen molar-refractivity contribution in [1.82, 2.24) is 4.90 Å². The van der Waals surface area contributed by atoms with Gasteiger partial charge in [0.2, 0.25) is 0 Å². The largest absolute Gasteiger partial charge is 0.304 e. The second kappa shape index (κ2) is 6.14. The number of likely N-dealkylation sites (tertiary alicyclic amines) is 1. The fourth-order valence-corrected chi connectivity index (χ4v) is 5.67. The maximum atomic E-state index is 13.3. The lowest BCUT2D eigenvalue weighted by atomic mass is 9.97. The van der Waals surface area contributed by atoms with E-state index in [-0.39, 0.29) is 4.90 Å². The molecule has 0 N–H and O–H groups in total. The van der Waals surface area contributed by atoms with E-state index < -0.39 is 20.4 Å². The topological polar surface area (TPSA) is 37.4 Å². The van der Waals surface area contributed by atoms with Gasteiger partial charge in [0.25, 0.3) is 0 Å². The van der Waals surface area contributed by atoms with Gasteiger partial charge in [-0.15, -0.1) is 0 Å². The first-order valence-corrected chi connectivity index (χ1v) is 9.86. The molecule has 23 heavy (non-hydrogen) atoms. The van der Waals surface area contributed by atoms with Gasteiger partial charge >= 0.3 is 0 Å².